The molecule has 1 aromatic heterocycles. The Morgan fingerprint density at radius 2 is 2.44 bits per heavy atom. The van der Waals surface area contributed by atoms with Crippen molar-refractivity contribution < 1.29 is 0 Å². The topological polar surface area (TPSA) is 12.0 Å². The molecule has 1 atom stereocenters. The second-order valence-electron chi connectivity index (χ2n) is 3.86. The van der Waals surface area contributed by atoms with Gasteiger partial charge in [0, 0.05) is 15.4 Å². The van der Waals surface area contributed by atoms with Gasteiger partial charge in [-0.05, 0) is 59.6 Å². The monoisotopic (exact) mass is 301 g/mol. The molecule has 90 valence electrons. The molecule has 0 saturated carbocycles. The molecule has 0 aliphatic carbocycles. The second kappa shape index (κ2) is 8.04. The molecular formula is C13H20BrNS. The summed E-state index contributed by atoms with van der Waals surface area (Å²) in [5.41, 5.74) is 0. The van der Waals surface area contributed by atoms with Crippen LogP contribution in [0.3, 0.4) is 0 Å². The van der Waals surface area contributed by atoms with E-state index in [1.54, 1.807) is 0 Å². The minimum absolute atomic E-state index is 0.495. The van der Waals surface area contributed by atoms with E-state index in [0.717, 1.165) is 13.0 Å². The lowest BCUT2D eigenvalue weighted by molar-refractivity contribution is 0.491. The molecule has 1 aromatic rings. The van der Waals surface area contributed by atoms with Crippen LogP contribution in [-0.4, -0.2) is 6.54 Å². The highest BCUT2D eigenvalue weighted by Gasteiger charge is 2.14. The number of halogens is 1. The number of nitrogens with one attached hydrogen (secondary N) is 1. The molecule has 1 heterocycles. The van der Waals surface area contributed by atoms with Gasteiger partial charge < -0.3 is 5.32 Å². The summed E-state index contributed by atoms with van der Waals surface area (Å²) in [6.45, 7) is 7.06. The smallest absolute Gasteiger partial charge is 0.0426 e. The lowest BCUT2D eigenvalue weighted by Crippen LogP contribution is -2.21. The molecule has 1 rings (SSSR count). The third kappa shape index (κ3) is 4.40. The van der Waals surface area contributed by atoms with Crippen molar-refractivity contribution >= 4 is 27.3 Å². The van der Waals surface area contributed by atoms with Gasteiger partial charge in [-0.1, -0.05) is 13.0 Å². The van der Waals surface area contributed by atoms with Gasteiger partial charge in [0.05, 0.1) is 0 Å². The van der Waals surface area contributed by atoms with Crippen LogP contribution in [0.4, 0.5) is 0 Å². The summed E-state index contributed by atoms with van der Waals surface area (Å²) in [5.74, 6) is 0. The van der Waals surface area contributed by atoms with Gasteiger partial charge in [-0.2, -0.15) is 0 Å². The Morgan fingerprint density at radius 3 is 3.00 bits per heavy atom. The van der Waals surface area contributed by atoms with E-state index < -0.39 is 0 Å². The average Bonchev–Trinajstić information content (AvgIpc) is 2.70. The zero-order valence-electron chi connectivity index (χ0n) is 9.84. The normalized spacial score (nSPS) is 12.6. The molecule has 0 amide bonds. The summed E-state index contributed by atoms with van der Waals surface area (Å²) in [5, 5.41) is 5.76. The fourth-order valence-corrected chi connectivity index (χ4v) is 3.43. The van der Waals surface area contributed by atoms with Crippen LogP contribution in [0.25, 0.3) is 0 Å². The Balaban J connectivity index is 2.56. The maximum Gasteiger partial charge on any atom is 0.0426 e. The molecule has 0 aliphatic rings. The first-order chi connectivity index (χ1) is 7.79. The first-order valence-electron chi connectivity index (χ1n) is 5.86. The standard InChI is InChI=1S/C13H20BrNS/c1-3-5-6-7-12(15-9-4-2)13-11(14)8-10-16-13/h3,8,10,12,15H,1,4-7,9H2,2H3. The van der Waals surface area contributed by atoms with E-state index in [-0.39, 0.29) is 0 Å². The van der Waals surface area contributed by atoms with E-state index in [0.29, 0.717) is 6.04 Å². The number of hydrogen-bond acceptors (Lipinski definition) is 2. The van der Waals surface area contributed by atoms with Gasteiger partial charge in [0.25, 0.3) is 0 Å². The van der Waals surface area contributed by atoms with E-state index in [9.17, 15) is 0 Å². The zero-order chi connectivity index (χ0) is 11.8. The SMILES string of the molecule is C=CCCCC(NCCC)c1sccc1Br. The van der Waals surface area contributed by atoms with Crippen molar-refractivity contribution in [2.24, 2.45) is 0 Å². The first kappa shape index (κ1) is 13.9. The Morgan fingerprint density at radius 1 is 1.62 bits per heavy atom. The predicted molar refractivity (Wildman–Crippen MR) is 77.1 cm³/mol. The van der Waals surface area contributed by atoms with Crippen molar-refractivity contribution in [1.82, 2.24) is 5.32 Å². The van der Waals surface area contributed by atoms with E-state index >= 15 is 0 Å². The number of allylic oxidation sites excluding steroid dienone is 1. The van der Waals surface area contributed by atoms with Gasteiger partial charge in [0.1, 0.15) is 0 Å². The second-order valence-corrected chi connectivity index (χ2v) is 5.66. The average molecular weight is 302 g/mol. The van der Waals surface area contributed by atoms with E-state index in [1.165, 1.54) is 28.6 Å². The summed E-state index contributed by atoms with van der Waals surface area (Å²) in [4.78, 5) is 1.43. The molecule has 1 N–H and O–H groups in total. The Hall–Kier alpha value is -0.120. The van der Waals surface area contributed by atoms with Crippen LogP contribution >= 0.6 is 27.3 Å². The number of unbranched alkanes of at least 4 members (excludes halogenated alkanes) is 1. The van der Waals surface area contributed by atoms with Gasteiger partial charge in [-0.15, -0.1) is 17.9 Å². The summed E-state index contributed by atoms with van der Waals surface area (Å²) in [6.07, 6.45) is 6.68. The Labute approximate surface area is 111 Å². The van der Waals surface area contributed by atoms with Crippen molar-refractivity contribution in [1.29, 1.82) is 0 Å². The van der Waals surface area contributed by atoms with Gasteiger partial charge >= 0.3 is 0 Å². The number of thiophene rings is 1. The summed E-state index contributed by atoms with van der Waals surface area (Å²) >= 11 is 5.45. The highest BCUT2D eigenvalue weighted by molar-refractivity contribution is 9.10. The maximum absolute atomic E-state index is 3.77. The van der Waals surface area contributed by atoms with Crippen molar-refractivity contribution in [3.8, 4) is 0 Å². The molecule has 0 spiro atoms. The van der Waals surface area contributed by atoms with E-state index in [4.69, 9.17) is 0 Å². The Kier molecular flexibility index (Phi) is 7.01. The Bertz CT molecular complexity index is 309. The summed E-state index contributed by atoms with van der Waals surface area (Å²) in [6, 6.07) is 2.63. The molecule has 0 radical (unpaired) electrons. The van der Waals surface area contributed by atoms with Gasteiger partial charge in [-0.25, -0.2) is 0 Å². The highest BCUT2D eigenvalue weighted by Crippen LogP contribution is 2.31. The van der Waals surface area contributed by atoms with Crippen LogP contribution in [0, 0.1) is 0 Å². The quantitative estimate of drug-likeness (QED) is 0.531. The van der Waals surface area contributed by atoms with Crippen molar-refractivity contribution in [3.63, 3.8) is 0 Å². The number of rotatable bonds is 8. The highest BCUT2D eigenvalue weighted by atomic mass is 79.9. The predicted octanol–water partition coefficient (Wildman–Crippen LogP) is 4.91. The van der Waals surface area contributed by atoms with E-state index in [1.807, 2.05) is 17.4 Å². The van der Waals surface area contributed by atoms with Crippen LogP contribution in [0.1, 0.15) is 43.5 Å². The lowest BCUT2D eigenvalue weighted by atomic mass is 10.1. The lowest BCUT2D eigenvalue weighted by Gasteiger charge is -2.17. The van der Waals surface area contributed by atoms with Crippen molar-refractivity contribution in [2.45, 2.75) is 38.6 Å². The van der Waals surface area contributed by atoms with Gasteiger partial charge in [0.2, 0.25) is 0 Å². The summed E-state index contributed by atoms with van der Waals surface area (Å²) < 4.78 is 1.24. The largest absolute Gasteiger partial charge is 0.309 e. The van der Waals surface area contributed by atoms with Crippen LogP contribution in [-0.2, 0) is 0 Å². The molecule has 0 aliphatic heterocycles. The fourth-order valence-electron chi connectivity index (χ4n) is 1.66. The minimum atomic E-state index is 0.495. The third-order valence-corrected chi connectivity index (χ3v) is 4.49. The van der Waals surface area contributed by atoms with E-state index in [2.05, 4.69) is 46.2 Å². The molecule has 3 heteroatoms. The molecule has 0 fully saturated rings. The molecule has 0 bridgehead atoms. The van der Waals surface area contributed by atoms with Crippen LogP contribution in [0.5, 0.6) is 0 Å². The first-order valence-corrected chi connectivity index (χ1v) is 7.54. The zero-order valence-corrected chi connectivity index (χ0v) is 12.2. The summed E-state index contributed by atoms with van der Waals surface area (Å²) in [7, 11) is 0. The van der Waals surface area contributed by atoms with Crippen LogP contribution in [0.15, 0.2) is 28.6 Å². The molecule has 0 aromatic carbocycles. The van der Waals surface area contributed by atoms with Gasteiger partial charge in [-0.3, -0.25) is 0 Å². The fraction of sp³-hybridized carbons (Fsp3) is 0.538. The van der Waals surface area contributed by atoms with Crippen LogP contribution in [0.2, 0.25) is 0 Å². The molecule has 1 unspecified atom stereocenters. The molecular weight excluding hydrogens is 282 g/mol. The van der Waals surface area contributed by atoms with Crippen LogP contribution < -0.4 is 5.32 Å². The van der Waals surface area contributed by atoms with Crippen molar-refractivity contribution in [2.75, 3.05) is 6.54 Å². The van der Waals surface area contributed by atoms with Crippen molar-refractivity contribution in [3.05, 3.63) is 33.5 Å². The molecule has 16 heavy (non-hydrogen) atoms. The molecule has 0 saturated heterocycles. The maximum atomic E-state index is 3.77. The minimum Gasteiger partial charge on any atom is -0.309 e. The molecule has 1 nitrogen and oxygen atoms in total. The number of hydrogen-bond donors (Lipinski definition) is 1. The third-order valence-electron chi connectivity index (χ3n) is 2.50. The van der Waals surface area contributed by atoms with Gasteiger partial charge in [0.15, 0.2) is 0 Å².